The highest BCUT2D eigenvalue weighted by Gasteiger charge is 2.41. The average Bonchev–Trinajstić information content (AvgIpc) is 3.23. The summed E-state index contributed by atoms with van der Waals surface area (Å²) in [5.41, 5.74) is 3.62. The van der Waals surface area contributed by atoms with E-state index in [1.165, 1.54) is 0 Å². The summed E-state index contributed by atoms with van der Waals surface area (Å²) >= 11 is 0. The molecule has 3 aromatic rings. The van der Waals surface area contributed by atoms with Gasteiger partial charge in [0.25, 0.3) is 0 Å². The molecule has 1 aliphatic rings. The van der Waals surface area contributed by atoms with Gasteiger partial charge in [0.2, 0.25) is 0 Å². The molecular formula is C31H31NO8. The molecule has 40 heavy (non-hydrogen) atoms. The summed E-state index contributed by atoms with van der Waals surface area (Å²) in [6, 6.07) is 22.2. The van der Waals surface area contributed by atoms with Gasteiger partial charge >= 0.3 is 24.1 Å². The lowest BCUT2D eigenvalue weighted by Gasteiger charge is -2.27. The molecule has 4 rings (SSSR count). The van der Waals surface area contributed by atoms with Crippen LogP contribution in [0, 0.1) is 0 Å². The number of ether oxygens (including phenoxy) is 3. The first kappa shape index (κ1) is 28.4. The molecule has 0 unspecified atom stereocenters. The average molecular weight is 546 g/mol. The van der Waals surface area contributed by atoms with E-state index in [0.717, 1.165) is 22.3 Å². The van der Waals surface area contributed by atoms with Crippen LogP contribution in [-0.2, 0) is 30.4 Å². The lowest BCUT2D eigenvalue weighted by molar-refractivity contribution is -0.159. The summed E-state index contributed by atoms with van der Waals surface area (Å²) in [7, 11) is 0. The van der Waals surface area contributed by atoms with Gasteiger partial charge in [-0.3, -0.25) is 4.79 Å². The number of carbonyl (C=O) groups excluding carboxylic acids is 3. The van der Waals surface area contributed by atoms with Gasteiger partial charge in [0, 0.05) is 5.92 Å². The molecule has 1 aliphatic carbocycles. The number of rotatable bonds is 8. The summed E-state index contributed by atoms with van der Waals surface area (Å²) in [6.45, 7) is 4.49. The molecule has 9 nitrogen and oxygen atoms in total. The quantitative estimate of drug-likeness (QED) is 0.280. The first-order valence-corrected chi connectivity index (χ1v) is 12.8. The fraction of sp³-hybridized carbons (Fsp3) is 0.290. The molecule has 2 amide bonds. The van der Waals surface area contributed by atoms with Gasteiger partial charge in [-0.2, -0.15) is 4.90 Å². The van der Waals surface area contributed by atoms with Gasteiger partial charge in [-0.1, -0.05) is 78.9 Å². The van der Waals surface area contributed by atoms with Crippen molar-refractivity contribution in [1.82, 2.24) is 4.90 Å². The van der Waals surface area contributed by atoms with E-state index in [4.69, 9.17) is 14.2 Å². The highest BCUT2D eigenvalue weighted by molar-refractivity contribution is 5.95. The lowest BCUT2D eigenvalue weighted by Crippen LogP contribution is -2.50. The molecule has 0 heterocycles. The predicted octanol–water partition coefficient (Wildman–Crippen LogP) is 5.76. The first-order chi connectivity index (χ1) is 19.0. The summed E-state index contributed by atoms with van der Waals surface area (Å²) < 4.78 is 16.1. The zero-order valence-corrected chi connectivity index (χ0v) is 22.5. The van der Waals surface area contributed by atoms with Crippen molar-refractivity contribution in [3.05, 3.63) is 95.6 Å². The number of hydrogen-bond donors (Lipinski definition) is 1. The van der Waals surface area contributed by atoms with Crippen LogP contribution in [0.1, 0.15) is 49.8 Å². The Morgan fingerprint density at radius 1 is 0.800 bits per heavy atom. The molecule has 1 N–H and O–H groups in total. The van der Waals surface area contributed by atoms with Crippen LogP contribution < -0.4 is 0 Å². The Kier molecular flexibility index (Phi) is 8.52. The van der Waals surface area contributed by atoms with Crippen molar-refractivity contribution >= 4 is 24.1 Å². The van der Waals surface area contributed by atoms with Gasteiger partial charge in [-0.15, -0.1) is 0 Å². The second-order valence-corrected chi connectivity index (χ2v) is 10.4. The Labute approximate surface area is 232 Å². The molecular weight excluding hydrogens is 514 g/mol. The molecule has 0 aromatic heterocycles. The summed E-state index contributed by atoms with van der Waals surface area (Å²) in [4.78, 5) is 51.6. The molecule has 0 fully saturated rings. The van der Waals surface area contributed by atoms with Crippen LogP contribution in [0.15, 0.2) is 78.9 Å². The monoisotopic (exact) mass is 545 g/mol. The second-order valence-electron chi connectivity index (χ2n) is 10.4. The minimum Gasteiger partial charge on any atom is -0.480 e. The molecule has 208 valence electrons. The third-order valence-electron chi connectivity index (χ3n) is 6.31. The topological polar surface area (TPSA) is 119 Å². The van der Waals surface area contributed by atoms with Gasteiger partial charge in [0.1, 0.15) is 18.8 Å². The maximum Gasteiger partial charge on any atom is 0.420 e. The molecule has 1 atom stereocenters. The Hall–Kier alpha value is -4.66. The number of hydrogen-bond acceptors (Lipinski definition) is 7. The first-order valence-electron chi connectivity index (χ1n) is 12.8. The lowest BCUT2D eigenvalue weighted by atomic mass is 9.98. The Balaban J connectivity index is 1.57. The van der Waals surface area contributed by atoms with Crippen LogP contribution in [0.25, 0.3) is 11.1 Å². The molecule has 9 heteroatoms. The summed E-state index contributed by atoms with van der Waals surface area (Å²) in [5.74, 6) is -2.81. The van der Waals surface area contributed by atoms with Gasteiger partial charge in [-0.25, -0.2) is 14.4 Å². The van der Waals surface area contributed by atoms with Gasteiger partial charge in [0.05, 0.1) is 6.42 Å². The fourth-order valence-electron chi connectivity index (χ4n) is 4.61. The number of carbonyl (C=O) groups is 4. The van der Waals surface area contributed by atoms with E-state index < -0.39 is 42.2 Å². The normalized spacial score (nSPS) is 13.0. The van der Waals surface area contributed by atoms with E-state index in [-0.39, 0.29) is 19.1 Å². The maximum atomic E-state index is 13.4. The van der Waals surface area contributed by atoms with Crippen molar-refractivity contribution in [2.45, 2.75) is 51.4 Å². The van der Waals surface area contributed by atoms with E-state index in [1.54, 1.807) is 51.1 Å². The molecule has 0 saturated heterocycles. The molecule has 0 saturated carbocycles. The van der Waals surface area contributed by atoms with Crippen molar-refractivity contribution < 1.29 is 38.5 Å². The van der Waals surface area contributed by atoms with Crippen molar-refractivity contribution in [2.75, 3.05) is 6.61 Å². The third kappa shape index (κ3) is 6.66. The number of carboxylic acid groups (broad SMARTS) is 1. The van der Waals surface area contributed by atoms with E-state index in [1.807, 2.05) is 48.5 Å². The number of nitrogens with zero attached hydrogens (tertiary/aromatic N) is 1. The molecule has 0 bridgehead atoms. The maximum absolute atomic E-state index is 13.4. The van der Waals surface area contributed by atoms with Crippen molar-refractivity contribution in [3.63, 3.8) is 0 Å². The van der Waals surface area contributed by atoms with Crippen molar-refractivity contribution in [3.8, 4) is 11.1 Å². The second kappa shape index (κ2) is 12.0. The number of esters is 1. The standard InChI is InChI=1S/C31H31NO8/c1-31(2,3)40-27(33)17-26(28(34)35)32(29(36)38-18-20-11-5-4-6-12-20)30(37)39-19-25-23-15-9-7-13-21(23)22-14-8-10-16-24(22)25/h4-16,25-26H,17-19H2,1-3H3,(H,34,35)/t26-/m0/s1. The number of imide groups is 1. The SMILES string of the molecule is CC(C)(C)OC(=O)C[C@@H](C(=O)O)N(C(=O)OCc1ccccc1)C(=O)OCC1c2ccccc2-c2ccccc21. The number of aliphatic carboxylic acids is 1. The summed E-state index contributed by atoms with van der Waals surface area (Å²) in [6.07, 6.45) is -3.27. The largest absolute Gasteiger partial charge is 0.480 e. The van der Waals surface area contributed by atoms with Crippen LogP contribution in [0.3, 0.4) is 0 Å². The zero-order valence-electron chi connectivity index (χ0n) is 22.5. The fourth-order valence-corrected chi connectivity index (χ4v) is 4.61. The Bertz CT molecular complexity index is 1350. The van der Waals surface area contributed by atoms with Crippen LogP contribution >= 0.6 is 0 Å². The minimum atomic E-state index is -1.91. The van der Waals surface area contributed by atoms with E-state index in [9.17, 15) is 24.3 Å². The van der Waals surface area contributed by atoms with Crippen LogP contribution in [-0.4, -0.2) is 52.4 Å². The minimum absolute atomic E-state index is 0.159. The van der Waals surface area contributed by atoms with Gasteiger partial charge in [-0.05, 0) is 48.6 Å². The number of benzene rings is 3. The van der Waals surface area contributed by atoms with Crippen LogP contribution in [0.4, 0.5) is 9.59 Å². The molecule has 3 aromatic carbocycles. The Morgan fingerprint density at radius 2 is 1.32 bits per heavy atom. The van der Waals surface area contributed by atoms with Crippen LogP contribution in [0.5, 0.6) is 0 Å². The predicted molar refractivity (Wildman–Crippen MR) is 145 cm³/mol. The van der Waals surface area contributed by atoms with Gasteiger partial charge in [0.15, 0.2) is 6.04 Å². The van der Waals surface area contributed by atoms with Gasteiger partial charge < -0.3 is 19.3 Å². The molecule has 0 spiro atoms. The highest BCUT2D eigenvalue weighted by atomic mass is 16.6. The number of amides is 2. The van der Waals surface area contributed by atoms with Crippen LogP contribution in [0.2, 0.25) is 0 Å². The molecule has 0 radical (unpaired) electrons. The van der Waals surface area contributed by atoms with E-state index in [2.05, 4.69) is 0 Å². The Morgan fingerprint density at radius 3 is 1.88 bits per heavy atom. The number of fused-ring (bicyclic) bond motifs is 3. The zero-order chi connectivity index (χ0) is 28.9. The smallest absolute Gasteiger partial charge is 0.420 e. The summed E-state index contributed by atoms with van der Waals surface area (Å²) in [5, 5.41) is 9.95. The third-order valence-corrected chi connectivity index (χ3v) is 6.31. The van der Waals surface area contributed by atoms with Crippen molar-refractivity contribution in [1.29, 1.82) is 0 Å². The van der Waals surface area contributed by atoms with E-state index in [0.29, 0.717) is 10.5 Å². The van der Waals surface area contributed by atoms with Crippen molar-refractivity contribution in [2.24, 2.45) is 0 Å². The molecule has 0 aliphatic heterocycles. The van der Waals surface area contributed by atoms with E-state index >= 15 is 0 Å². The number of carboxylic acids is 1. The highest BCUT2D eigenvalue weighted by Crippen LogP contribution is 2.44.